The molecule has 0 bridgehead atoms. The second kappa shape index (κ2) is 6.79. The van der Waals surface area contributed by atoms with Crippen LogP contribution in [0.3, 0.4) is 0 Å². The Kier molecular flexibility index (Phi) is 5.24. The second-order valence-corrected chi connectivity index (χ2v) is 8.13. The highest BCUT2D eigenvalue weighted by atomic mass is 32.2. The van der Waals surface area contributed by atoms with Gasteiger partial charge < -0.3 is 10.6 Å². The van der Waals surface area contributed by atoms with Crippen LogP contribution in [-0.4, -0.2) is 43.6 Å². The van der Waals surface area contributed by atoms with Crippen molar-refractivity contribution in [1.29, 1.82) is 0 Å². The van der Waals surface area contributed by atoms with Crippen molar-refractivity contribution in [2.75, 3.05) is 12.3 Å². The zero-order valence-electron chi connectivity index (χ0n) is 13.2. The molecule has 1 amide bonds. The van der Waals surface area contributed by atoms with Crippen molar-refractivity contribution >= 4 is 15.7 Å². The van der Waals surface area contributed by atoms with Crippen molar-refractivity contribution in [3.8, 4) is 0 Å². The van der Waals surface area contributed by atoms with Gasteiger partial charge in [0.1, 0.15) is 0 Å². The normalized spacial score (nSPS) is 20.7. The summed E-state index contributed by atoms with van der Waals surface area (Å²) in [6.07, 6.45) is 2.99. The van der Waals surface area contributed by atoms with E-state index in [2.05, 4.69) is 0 Å². The first kappa shape index (κ1) is 17.0. The van der Waals surface area contributed by atoms with Gasteiger partial charge in [-0.3, -0.25) is 4.79 Å². The molecule has 122 valence electrons. The number of nitrogens with two attached hydrogens (primary N) is 1. The van der Waals surface area contributed by atoms with E-state index in [4.69, 9.17) is 5.73 Å². The van der Waals surface area contributed by atoms with Gasteiger partial charge in [-0.15, -0.1) is 0 Å². The maximum atomic E-state index is 12.7. The molecule has 0 radical (unpaired) electrons. The number of rotatable bonds is 4. The quantitative estimate of drug-likeness (QED) is 0.916. The minimum atomic E-state index is -3.23. The zero-order chi connectivity index (χ0) is 16.3. The van der Waals surface area contributed by atoms with Crippen LogP contribution >= 0.6 is 0 Å². The molecule has 1 saturated heterocycles. The summed E-state index contributed by atoms with van der Waals surface area (Å²) < 4.78 is 23.6. The van der Waals surface area contributed by atoms with E-state index >= 15 is 0 Å². The summed E-state index contributed by atoms with van der Waals surface area (Å²) in [7, 11) is -3.23. The van der Waals surface area contributed by atoms with E-state index in [0.29, 0.717) is 12.1 Å². The molecular weight excluding hydrogens is 300 g/mol. The number of likely N-dealkylation sites (tertiary alicyclic amines) is 1. The minimum absolute atomic E-state index is 0.0547. The maximum Gasteiger partial charge on any atom is 0.254 e. The van der Waals surface area contributed by atoms with Gasteiger partial charge >= 0.3 is 0 Å². The van der Waals surface area contributed by atoms with Gasteiger partial charge in [0.2, 0.25) is 0 Å². The highest BCUT2D eigenvalue weighted by Crippen LogP contribution is 2.22. The highest BCUT2D eigenvalue weighted by Gasteiger charge is 2.29. The van der Waals surface area contributed by atoms with Crippen molar-refractivity contribution in [2.24, 2.45) is 5.73 Å². The van der Waals surface area contributed by atoms with Crippen LogP contribution in [0.15, 0.2) is 29.2 Å². The molecule has 0 unspecified atom stereocenters. The lowest BCUT2D eigenvalue weighted by Gasteiger charge is -2.38. The standard InChI is InChI=1S/C16H24N2O3S/c1-3-22(20,21)14-9-7-13(8-10-14)16(19)18-11-5-4-6-15(18)12(2)17/h7-10,12,15H,3-6,11,17H2,1-2H3/t12-,15-/m0/s1. The Labute approximate surface area is 132 Å². The fraction of sp³-hybridized carbons (Fsp3) is 0.562. The molecule has 0 aromatic heterocycles. The smallest absolute Gasteiger partial charge is 0.254 e. The second-order valence-electron chi connectivity index (χ2n) is 5.85. The largest absolute Gasteiger partial charge is 0.334 e. The van der Waals surface area contributed by atoms with Gasteiger partial charge in [-0.2, -0.15) is 0 Å². The molecule has 0 saturated carbocycles. The Morgan fingerprint density at radius 2 is 1.95 bits per heavy atom. The highest BCUT2D eigenvalue weighted by molar-refractivity contribution is 7.91. The molecule has 1 aromatic rings. The third-order valence-corrected chi connectivity index (χ3v) is 6.01. The number of carbonyl (C=O) groups is 1. The van der Waals surface area contributed by atoms with Crippen LogP contribution in [0.1, 0.15) is 43.5 Å². The van der Waals surface area contributed by atoms with Crippen LogP contribution in [0.4, 0.5) is 0 Å². The average Bonchev–Trinajstić information content (AvgIpc) is 2.54. The van der Waals surface area contributed by atoms with Gasteiger partial charge in [0.25, 0.3) is 5.91 Å². The SMILES string of the molecule is CCS(=O)(=O)c1ccc(C(=O)N2CCCC[C@H]2[C@H](C)N)cc1. The summed E-state index contributed by atoms with van der Waals surface area (Å²) in [5.74, 6) is -0.0124. The van der Waals surface area contributed by atoms with Gasteiger partial charge in [-0.1, -0.05) is 6.92 Å². The summed E-state index contributed by atoms with van der Waals surface area (Å²) in [6.45, 7) is 4.24. The maximum absolute atomic E-state index is 12.7. The van der Waals surface area contributed by atoms with Crippen LogP contribution in [0, 0.1) is 0 Å². The fourth-order valence-electron chi connectivity index (χ4n) is 2.89. The topological polar surface area (TPSA) is 80.5 Å². The van der Waals surface area contributed by atoms with Crippen LogP contribution < -0.4 is 5.73 Å². The van der Waals surface area contributed by atoms with E-state index in [9.17, 15) is 13.2 Å². The van der Waals surface area contributed by atoms with E-state index < -0.39 is 9.84 Å². The first-order chi connectivity index (χ1) is 10.4. The summed E-state index contributed by atoms with van der Waals surface area (Å²) in [6, 6.07) is 6.20. The van der Waals surface area contributed by atoms with Crippen LogP contribution in [0.25, 0.3) is 0 Å². The van der Waals surface area contributed by atoms with Gasteiger partial charge in [0, 0.05) is 24.2 Å². The Hall–Kier alpha value is -1.40. The Morgan fingerprint density at radius 3 is 2.50 bits per heavy atom. The molecule has 1 aliphatic rings. The molecule has 0 spiro atoms. The number of carbonyl (C=O) groups excluding carboxylic acids is 1. The number of hydrogen-bond acceptors (Lipinski definition) is 4. The monoisotopic (exact) mass is 324 g/mol. The van der Waals surface area contributed by atoms with E-state index in [1.165, 1.54) is 12.1 Å². The number of piperidine rings is 1. The van der Waals surface area contributed by atoms with Crippen molar-refractivity contribution < 1.29 is 13.2 Å². The summed E-state index contributed by atoms with van der Waals surface area (Å²) in [4.78, 5) is 14.8. The van der Waals surface area contributed by atoms with Gasteiger partial charge in [-0.25, -0.2) is 8.42 Å². The fourth-order valence-corrected chi connectivity index (χ4v) is 3.78. The molecule has 1 heterocycles. The van der Waals surface area contributed by atoms with Gasteiger partial charge in [0.05, 0.1) is 10.6 Å². The lowest BCUT2D eigenvalue weighted by Crippen LogP contribution is -2.51. The number of benzene rings is 1. The molecule has 1 fully saturated rings. The van der Waals surface area contributed by atoms with Crippen molar-refractivity contribution in [3.63, 3.8) is 0 Å². The van der Waals surface area contributed by atoms with Crippen molar-refractivity contribution in [2.45, 2.75) is 50.1 Å². The minimum Gasteiger partial charge on any atom is -0.334 e. The molecule has 1 aliphatic heterocycles. The van der Waals surface area contributed by atoms with E-state index in [0.717, 1.165) is 19.3 Å². The van der Waals surface area contributed by atoms with E-state index in [1.54, 1.807) is 19.1 Å². The first-order valence-electron chi connectivity index (χ1n) is 7.76. The van der Waals surface area contributed by atoms with Crippen molar-refractivity contribution in [1.82, 2.24) is 4.90 Å². The van der Waals surface area contributed by atoms with E-state index in [1.807, 2.05) is 11.8 Å². The molecule has 6 heteroatoms. The number of sulfone groups is 1. The molecule has 2 atom stereocenters. The van der Waals surface area contributed by atoms with Crippen molar-refractivity contribution in [3.05, 3.63) is 29.8 Å². The number of amides is 1. The van der Waals surface area contributed by atoms with Crippen LogP contribution in [0.5, 0.6) is 0 Å². The molecule has 22 heavy (non-hydrogen) atoms. The summed E-state index contributed by atoms with van der Waals surface area (Å²) in [5, 5.41) is 0. The molecule has 5 nitrogen and oxygen atoms in total. The molecule has 2 rings (SSSR count). The summed E-state index contributed by atoms with van der Waals surface area (Å²) in [5.41, 5.74) is 6.52. The molecule has 2 N–H and O–H groups in total. The van der Waals surface area contributed by atoms with Crippen LogP contribution in [-0.2, 0) is 9.84 Å². The Bertz CT molecular complexity index is 623. The average molecular weight is 324 g/mol. The molecule has 0 aliphatic carbocycles. The lowest BCUT2D eigenvalue weighted by molar-refractivity contribution is 0.0583. The molecular formula is C16H24N2O3S. The third kappa shape index (κ3) is 3.50. The zero-order valence-corrected chi connectivity index (χ0v) is 14.0. The predicted octanol–water partition coefficient (Wildman–Crippen LogP) is 1.82. The number of hydrogen-bond donors (Lipinski definition) is 1. The number of nitrogens with zero attached hydrogens (tertiary/aromatic N) is 1. The molecule has 1 aromatic carbocycles. The van der Waals surface area contributed by atoms with Gasteiger partial charge in [0.15, 0.2) is 9.84 Å². The van der Waals surface area contributed by atoms with Gasteiger partial charge in [-0.05, 0) is 50.5 Å². The summed E-state index contributed by atoms with van der Waals surface area (Å²) >= 11 is 0. The first-order valence-corrected chi connectivity index (χ1v) is 9.41. The third-order valence-electron chi connectivity index (χ3n) is 4.26. The Balaban J connectivity index is 2.22. The Morgan fingerprint density at radius 1 is 1.32 bits per heavy atom. The van der Waals surface area contributed by atoms with E-state index in [-0.39, 0.29) is 28.6 Å². The van der Waals surface area contributed by atoms with Crippen LogP contribution in [0.2, 0.25) is 0 Å². The lowest BCUT2D eigenvalue weighted by atomic mass is 9.96. The predicted molar refractivity (Wildman–Crippen MR) is 86.5 cm³/mol.